The molecule has 7 nitrogen and oxygen atoms in total. The SMILES string of the molecule is CC(C)(C)OC(=O)N1Cc2[nH]c3ccccc3c2C[C@H]1COS(C)(=O)=O. The van der Waals surface area contributed by atoms with E-state index in [4.69, 9.17) is 8.92 Å². The highest BCUT2D eigenvalue weighted by Gasteiger charge is 2.35. The zero-order valence-corrected chi connectivity index (χ0v) is 16.2. The van der Waals surface area contributed by atoms with E-state index in [0.717, 1.165) is 28.4 Å². The van der Waals surface area contributed by atoms with Crippen molar-refractivity contribution in [3.8, 4) is 0 Å². The van der Waals surface area contributed by atoms with Gasteiger partial charge in [-0.25, -0.2) is 4.79 Å². The Morgan fingerprint density at radius 1 is 1.31 bits per heavy atom. The molecule has 0 saturated heterocycles. The van der Waals surface area contributed by atoms with Crippen LogP contribution in [0.15, 0.2) is 24.3 Å². The van der Waals surface area contributed by atoms with Gasteiger partial charge in [0.1, 0.15) is 5.60 Å². The Labute approximate surface area is 153 Å². The van der Waals surface area contributed by atoms with E-state index >= 15 is 0 Å². The number of carbonyl (C=O) groups is 1. The molecule has 1 aromatic heterocycles. The van der Waals surface area contributed by atoms with Crippen LogP contribution < -0.4 is 0 Å². The number of ether oxygens (including phenoxy) is 1. The van der Waals surface area contributed by atoms with Crippen molar-refractivity contribution < 1.29 is 22.1 Å². The van der Waals surface area contributed by atoms with Crippen LogP contribution in [0.25, 0.3) is 10.9 Å². The molecule has 0 spiro atoms. The van der Waals surface area contributed by atoms with E-state index in [9.17, 15) is 13.2 Å². The molecular formula is C18H24N2O5S. The highest BCUT2D eigenvalue weighted by molar-refractivity contribution is 7.85. The maximum absolute atomic E-state index is 12.7. The molecule has 26 heavy (non-hydrogen) atoms. The van der Waals surface area contributed by atoms with E-state index in [1.165, 1.54) is 4.90 Å². The first kappa shape index (κ1) is 18.7. The molecule has 3 rings (SSSR count). The fourth-order valence-corrected chi connectivity index (χ4v) is 3.56. The van der Waals surface area contributed by atoms with Gasteiger partial charge in [0.2, 0.25) is 0 Å². The Kier molecular flexibility index (Phi) is 4.74. The number of nitrogens with one attached hydrogen (secondary N) is 1. The number of rotatable bonds is 3. The van der Waals surface area contributed by atoms with Gasteiger partial charge in [-0.3, -0.25) is 9.08 Å². The summed E-state index contributed by atoms with van der Waals surface area (Å²) in [7, 11) is -3.60. The number of amides is 1. The zero-order chi connectivity index (χ0) is 19.1. The predicted molar refractivity (Wildman–Crippen MR) is 98.4 cm³/mol. The van der Waals surface area contributed by atoms with Crippen LogP contribution in [-0.4, -0.2) is 48.9 Å². The number of para-hydroxylation sites is 1. The summed E-state index contributed by atoms with van der Waals surface area (Å²) in [6.07, 6.45) is 1.02. The Bertz CT molecular complexity index is 927. The average Bonchev–Trinajstić information content (AvgIpc) is 2.87. The second-order valence-corrected chi connectivity index (χ2v) is 9.23. The lowest BCUT2D eigenvalue weighted by atomic mass is 9.97. The van der Waals surface area contributed by atoms with Crippen molar-refractivity contribution in [2.75, 3.05) is 12.9 Å². The number of carbonyl (C=O) groups excluding carboxylic acids is 1. The number of fused-ring (bicyclic) bond motifs is 3. The molecule has 2 aromatic rings. The molecule has 1 aliphatic rings. The van der Waals surface area contributed by atoms with Gasteiger partial charge in [0.15, 0.2) is 0 Å². The maximum atomic E-state index is 12.7. The molecule has 0 bridgehead atoms. The molecule has 8 heteroatoms. The van der Waals surface area contributed by atoms with Crippen molar-refractivity contribution >= 4 is 27.1 Å². The largest absolute Gasteiger partial charge is 0.444 e. The topological polar surface area (TPSA) is 88.7 Å². The lowest BCUT2D eigenvalue weighted by Gasteiger charge is -2.36. The summed E-state index contributed by atoms with van der Waals surface area (Å²) in [6.45, 7) is 5.61. The van der Waals surface area contributed by atoms with Gasteiger partial charge in [-0.2, -0.15) is 8.42 Å². The molecule has 1 N–H and O–H groups in total. The third kappa shape index (κ3) is 4.19. The quantitative estimate of drug-likeness (QED) is 0.827. The molecular weight excluding hydrogens is 356 g/mol. The lowest BCUT2D eigenvalue weighted by molar-refractivity contribution is 0.00628. The summed E-state index contributed by atoms with van der Waals surface area (Å²) in [5.41, 5.74) is 2.38. The molecule has 1 aromatic carbocycles. The number of H-pyrrole nitrogens is 1. The minimum Gasteiger partial charge on any atom is -0.444 e. The highest BCUT2D eigenvalue weighted by atomic mass is 32.2. The van der Waals surface area contributed by atoms with Gasteiger partial charge >= 0.3 is 6.09 Å². The number of aromatic nitrogens is 1. The first-order valence-electron chi connectivity index (χ1n) is 8.46. The third-order valence-corrected chi connectivity index (χ3v) is 4.78. The Morgan fingerprint density at radius 2 is 2.00 bits per heavy atom. The third-order valence-electron chi connectivity index (χ3n) is 4.21. The van der Waals surface area contributed by atoms with Crippen LogP contribution in [0.1, 0.15) is 32.0 Å². The second kappa shape index (κ2) is 6.59. The fraction of sp³-hybridized carbons (Fsp3) is 0.500. The Morgan fingerprint density at radius 3 is 2.65 bits per heavy atom. The van der Waals surface area contributed by atoms with Crippen molar-refractivity contribution in [2.24, 2.45) is 0 Å². The monoisotopic (exact) mass is 380 g/mol. The standard InChI is InChI=1S/C18H24N2O5S/c1-18(2,3)25-17(21)20-10-16-14(9-12(20)11-24-26(4,22)23)13-7-5-6-8-15(13)19-16/h5-8,12,19H,9-11H2,1-4H3/t12-/m0/s1. The van der Waals surface area contributed by atoms with Crippen LogP contribution in [-0.2, 0) is 32.0 Å². The molecule has 142 valence electrons. The average molecular weight is 380 g/mol. The van der Waals surface area contributed by atoms with Crippen LogP contribution in [0.3, 0.4) is 0 Å². The molecule has 0 fully saturated rings. The van der Waals surface area contributed by atoms with Crippen molar-refractivity contribution in [2.45, 2.75) is 45.4 Å². The zero-order valence-electron chi connectivity index (χ0n) is 15.4. The van der Waals surface area contributed by atoms with Crippen molar-refractivity contribution in [3.05, 3.63) is 35.5 Å². The van der Waals surface area contributed by atoms with Crippen molar-refractivity contribution in [3.63, 3.8) is 0 Å². The van der Waals surface area contributed by atoms with E-state index in [-0.39, 0.29) is 6.61 Å². The summed E-state index contributed by atoms with van der Waals surface area (Å²) in [6, 6.07) is 7.47. The van der Waals surface area contributed by atoms with E-state index < -0.39 is 27.9 Å². The molecule has 0 unspecified atom stereocenters. The predicted octanol–water partition coefficient (Wildman–Crippen LogP) is 2.81. The first-order chi connectivity index (χ1) is 12.0. The number of hydrogen-bond donors (Lipinski definition) is 1. The summed E-state index contributed by atoms with van der Waals surface area (Å²) in [5, 5.41) is 1.08. The van der Waals surface area contributed by atoms with Gasteiger partial charge in [-0.05, 0) is 38.8 Å². The molecule has 0 aliphatic carbocycles. The molecule has 2 heterocycles. The van der Waals surface area contributed by atoms with Gasteiger partial charge in [-0.15, -0.1) is 0 Å². The molecule has 0 saturated carbocycles. The summed E-state index contributed by atoms with van der Waals surface area (Å²) in [4.78, 5) is 17.5. The summed E-state index contributed by atoms with van der Waals surface area (Å²) in [5.74, 6) is 0. The summed E-state index contributed by atoms with van der Waals surface area (Å²) < 4.78 is 33.3. The van der Waals surface area contributed by atoms with E-state index in [0.29, 0.717) is 13.0 Å². The normalized spacial score (nSPS) is 18.0. The van der Waals surface area contributed by atoms with Gasteiger partial charge < -0.3 is 9.72 Å². The Balaban J connectivity index is 1.93. The highest BCUT2D eigenvalue weighted by Crippen LogP contribution is 2.31. The fourth-order valence-electron chi connectivity index (χ4n) is 3.15. The van der Waals surface area contributed by atoms with Crippen LogP contribution >= 0.6 is 0 Å². The molecule has 1 amide bonds. The molecule has 1 aliphatic heterocycles. The van der Waals surface area contributed by atoms with Crippen molar-refractivity contribution in [1.29, 1.82) is 0 Å². The van der Waals surface area contributed by atoms with E-state index in [2.05, 4.69) is 4.98 Å². The van der Waals surface area contributed by atoms with Gasteiger partial charge in [0.25, 0.3) is 10.1 Å². The van der Waals surface area contributed by atoms with E-state index in [1.54, 1.807) is 20.8 Å². The molecule has 0 radical (unpaired) electrons. The van der Waals surface area contributed by atoms with Gasteiger partial charge in [0.05, 0.1) is 25.4 Å². The smallest absolute Gasteiger partial charge is 0.410 e. The van der Waals surface area contributed by atoms with Crippen LogP contribution in [0, 0.1) is 0 Å². The van der Waals surface area contributed by atoms with Crippen LogP contribution in [0.4, 0.5) is 4.79 Å². The number of hydrogen-bond acceptors (Lipinski definition) is 5. The first-order valence-corrected chi connectivity index (χ1v) is 10.3. The Hall–Kier alpha value is -2.06. The number of aromatic amines is 1. The number of benzene rings is 1. The second-order valence-electron chi connectivity index (χ2n) is 7.58. The summed E-state index contributed by atoms with van der Waals surface area (Å²) >= 11 is 0. The van der Waals surface area contributed by atoms with Crippen LogP contribution in [0.2, 0.25) is 0 Å². The maximum Gasteiger partial charge on any atom is 0.410 e. The van der Waals surface area contributed by atoms with Gasteiger partial charge in [0, 0.05) is 16.6 Å². The minimum absolute atomic E-state index is 0.100. The van der Waals surface area contributed by atoms with Gasteiger partial charge in [-0.1, -0.05) is 18.2 Å². The minimum atomic E-state index is -3.60. The van der Waals surface area contributed by atoms with Crippen molar-refractivity contribution in [1.82, 2.24) is 9.88 Å². The number of nitrogens with zero attached hydrogens (tertiary/aromatic N) is 1. The lowest BCUT2D eigenvalue weighted by Crippen LogP contribution is -2.48. The van der Waals surface area contributed by atoms with E-state index in [1.807, 2.05) is 24.3 Å². The van der Waals surface area contributed by atoms with Crippen LogP contribution in [0.5, 0.6) is 0 Å². The molecule has 1 atom stereocenters.